The molecule has 30 heavy (non-hydrogen) atoms. The quantitative estimate of drug-likeness (QED) is 0.327. The van der Waals surface area contributed by atoms with E-state index in [9.17, 15) is 0 Å². The van der Waals surface area contributed by atoms with Crippen molar-refractivity contribution in [3.8, 4) is 28.4 Å². The minimum atomic E-state index is 0.474. The molecule has 0 saturated carbocycles. The predicted molar refractivity (Wildman–Crippen MR) is 124 cm³/mol. The fourth-order valence-electron chi connectivity index (χ4n) is 3.34. The van der Waals surface area contributed by atoms with Gasteiger partial charge in [-0.15, -0.1) is 0 Å². The van der Waals surface area contributed by atoms with E-state index in [1.807, 2.05) is 60.1 Å². The first-order valence-electron chi connectivity index (χ1n) is 9.74. The fraction of sp³-hybridized carbons (Fsp3) is 0.160. The molecule has 0 atom stereocenters. The van der Waals surface area contributed by atoms with Crippen molar-refractivity contribution in [3.63, 3.8) is 0 Å². The molecule has 1 aromatic heterocycles. The zero-order valence-corrected chi connectivity index (χ0v) is 18.8. The highest BCUT2D eigenvalue weighted by molar-refractivity contribution is 9.10. The van der Waals surface area contributed by atoms with E-state index in [0.29, 0.717) is 6.61 Å². The molecule has 0 aliphatic carbocycles. The van der Waals surface area contributed by atoms with Crippen LogP contribution in [-0.2, 0) is 6.61 Å². The molecule has 0 aliphatic heterocycles. The van der Waals surface area contributed by atoms with Crippen LogP contribution in [0.4, 0.5) is 0 Å². The minimum absolute atomic E-state index is 0.474. The van der Waals surface area contributed by atoms with Gasteiger partial charge in [-0.1, -0.05) is 36.4 Å². The summed E-state index contributed by atoms with van der Waals surface area (Å²) in [5.74, 6) is 1.63. The van der Waals surface area contributed by atoms with E-state index in [-0.39, 0.29) is 0 Å². The summed E-state index contributed by atoms with van der Waals surface area (Å²) in [5.41, 5.74) is 6.41. The lowest BCUT2D eigenvalue weighted by Gasteiger charge is -2.13. The highest BCUT2D eigenvalue weighted by Gasteiger charge is 2.16. The summed E-state index contributed by atoms with van der Waals surface area (Å²) in [4.78, 5) is 0. The average molecular weight is 463 g/mol. The van der Waals surface area contributed by atoms with Crippen LogP contribution in [0.5, 0.6) is 11.5 Å². The summed E-state index contributed by atoms with van der Waals surface area (Å²) >= 11 is 3.62. The predicted octanol–water partition coefficient (Wildman–Crippen LogP) is 6.51. The van der Waals surface area contributed by atoms with E-state index in [2.05, 4.69) is 47.1 Å². The molecule has 0 spiro atoms. The molecule has 4 rings (SSSR count). The first-order chi connectivity index (χ1) is 14.6. The maximum atomic E-state index is 6.13. The molecule has 0 saturated heterocycles. The topological polar surface area (TPSA) is 36.3 Å². The standard InChI is InChI=1S/C25H23BrN2O2/c1-17-18(2)27-28(21-7-5-4-6-8-21)25(17)20-11-14-23(26)24(15-20)30-16-19-9-12-22(29-3)13-10-19/h4-15H,16H2,1-3H3. The summed E-state index contributed by atoms with van der Waals surface area (Å²) < 4.78 is 14.3. The molecular weight excluding hydrogens is 440 g/mol. The lowest BCUT2D eigenvalue weighted by atomic mass is 10.1. The number of benzene rings is 3. The van der Waals surface area contributed by atoms with Gasteiger partial charge in [0.05, 0.1) is 28.7 Å². The largest absolute Gasteiger partial charge is 0.497 e. The Hall–Kier alpha value is -3.05. The highest BCUT2D eigenvalue weighted by Crippen LogP contribution is 2.35. The first-order valence-corrected chi connectivity index (χ1v) is 10.5. The second kappa shape index (κ2) is 8.76. The van der Waals surface area contributed by atoms with Crippen LogP contribution in [0.15, 0.2) is 77.3 Å². The van der Waals surface area contributed by atoms with Gasteiger partial charge in [-0.25, -0.2) is 4.68 Å². The summed E-state index contributed by atoms with van der Waals surface area (Å²) in [6.07, 6.45) is 0. The van der Waals surface area contributed by atoms with Crippen LogP contribution in [0.2, 0.25) is 0 Å². The van der Waals surface area contributed by atoms with Gasteiger partial charge in [-0.2, -0.15) is 5.10 Å². The second-order valence-electron chi connectivity index (χ2n) is 7.09. The number of halogens is 1. The zero-order chi connectivity index (χ0) is 21.1. The van der Waals surface area contributed by atoms with Gasteiger partial charge in [0, 0.05) is 5.56 Å². The van der Waals surface area contributed by atoms with Crippen LogP contribution in [0.3, 0.4) is 0 Å². The molecule has 0 amide bonds. The van der Waals surface area contributed by atoms with Crippen LogP contribution in [0, 0.1) is 13.8 Å². The lowest BCUT2D eigenvalue weighted by molar-refractivity contribution is 0.304. The molecule has 0 fully saturated rings. The molecule has 1 heterocycles. The van der Waals surface area contributed by atoms with Gasteiger partial charge in [0.2, 0.25) is 0 Å². The average Bonchev–Trinajstić information content (AvgIpc) is 3.08. The van der Waals surface area contributed by atoms with Crippen molar-refractivity contribution in [2.45, 2.75) is 20.5 Å². The number of para-hydroxylation sites is 1. The number of hydrogen-bond acceptors (Lipinski definition) is 3. The lowest BCUT2D eigenvalue weighted by Crippen LogP contribution is -2.00. The smallest absolute Gasteiger partial charge is 0.134 e. The third-order valence-corrected chi connectivity index (χ3v) is 5.77. The molecule has 0 aliphatic rings. The van der Waals surface area contributed by atoms with E-state index in [4.69, 9.17) is 14.6 Å². The Morgan fingerprint density at radius 3 is 2.37 bits per heavy atom. The van der Waals surface area contributed by atoms with E-state index < -0.39 is 0 Å². The van der Waals surface area contributed by atoms with Crippen LogP contribution < -0.4 is 9.47 Å². The van der Waals surface area contributed by atoms with Gasteiger partial charge in [0.1, 0.15) is 18.1 Å². The van der Waals surface area contributed by atoms with Crippen molar-refractivity contribution in [2.75, 3.05) is 7.11 Å². The Bertz CT molecular complexity index is 1150. The Morgan fingerprint density at radius 1 is 0.933 bits per heavy atom. The molecule has 152 valence electrons. The SMILES string of the molecule is COc1ccc(COc2cc(-c3c(C)c(C)nn3-c3ccccc3)ccc2Br)cc1. The Kier molecular flexibility index (Phi) is 5.91. The normalized spacial score (nSPS) is 10.8. The van der Waals surface area contributed by atoms with Crippen molar-refractivity contribution < 1.29 is 9.47 Å². The Labute approximate surface area is 185 Å². The van der Waals surface area contributed by atoms with Gasteiger partial charge >= 0.3 is 0 Å². The third-order valence-electron chi connectivity index (χ3n) is 5.12. The molecular formula is C25H23BrN2O2. The van der Waals surface area contributed by atoms with E-state index in [1.165, 1.54) is 0 Å². The van der Waals surface area contributed by atoms with Crippen LogP contribution in [0.25, 0.3) is 16.9 Å². The van der Waals surface area contributed by atoms with Crippen LogP contribution in [-0.4, -0.2) is 16.9 Å². The van der Waals surface area contributed by atoms with Crippen molar-refractivity contribution in [1.29, 1.82) is 0 Å². The molecule has 0 N–H and O–H groups in total. The van der Waals surface area contributed by atoms with Gasteiger partial charge in [0.15, 0.2) is 0 Å². The number of ether oxygens (including phenoxy) is 2. The van der Waals surface area contributed by atoms with Crippen LogP contribution >= 0.6 is 15.9 Å². The molecule has 3 aromatic carbocycles. The van der Waals surface area contributed by atoms with E-state index in [1.54, 1.807) is 7.11 Å². The second-order valence-corrected chi connectivity index (χ2v) is 7.94. The van der Waals surface area contributed by atoms with Crippen molar-refractivity contribution in [3.05, 3.63) is 94.1 Å². The molecule has 4 nitrogen and oxygen atoms in total. The van der Waals surface area contributed by atoms with Crippen molar-refractivity contribution in [1.82, 2.24) is 9.78 Å². The molecule has 0 unspecified atom stereocenters. The fourth-order valence-corrected chi connectivity index (χ4v) is 3.71. The number of aryl methyl sites for hydroxylation is 1. The molecule has 4 aromatic rings. The monoisotopic (exact) mass is 462 g/mol. The number of hydrogen-bond donors (Lipinski definition) is 0. The minimum Gasteiger partial charge on any atom is -0.497 e. The summed E-state index contributed by atoms with van der Waals surface area (Å²) in [6.45, 7) is 4.62. The summed E-state index contributed by atoms with van der Waals surface area (Å²) in [5, 5.41) is 4.77. The zero-order valence-electron chi connectivity index (χ0n) is 17.2. The Morgan fingerprint density at radius 2 is 1.67 bits per heavy atom. The number of rotatable bonds is 6. The maximum Gasteiger partial charge on any atom is 0.134 e. The molecule has 0 bridgehead atoms. The summed E-state index contributed by atoms with van der Waals surface area (Å²) in [7, 11) is 1.66. The number of nitrogens with zero attached hydrogens (tertiary/aromatic N) is 2. The van der Waals surface area contributed by atoms with Crippen molar-refractivity contribution >= 4 is 15.9 Å². The molecule has 5 heteroatoms. The first kappa shape index (κ1) is 20.2. The Balaban J connectivity index is 1.66. The van der Waals surface area contributed by atoms with E-state index >= 15 is 0 Å². The van der Waals surface area contributed by atoms with Crippen LogP contribution in [0.1, 0.15) is 16.8 Å². The van der Waals surface area contributed by atoms with Gasteiger partial charge < -0.3 is 9.47 Å². The number of methoxy groups -OCH3 is 1. The third kappa shape index (κ3) is 4.12. The van der Waals surface area contributed by atoms with Crippen molar-refractivity contribution in [2.24, 2.45) is 0 Å². The van der Waals surface area contributed by atoms with Gasteiger partial charge in [0.25, 0.3) is 0 Å². The van der Waals surface area contributed by atoms with E-state index in [0.717, 1.165) is 49.7 Å². The maximum absolute atomic E-state index is 6.13. The van der Waals surface area contributed by atoms with Gasteiger partial charge in [-0.05, 0) is 77.3 Å². The molecule has 0 radical (unpaired) electrons. The van der Waals surface area contributed by atoms with Gasteiger partial charge in [-0.3, -0.25) is 0 Å². The number of aromatic nitrogens is 2. The summed E-state index contributed by atoms with van der Waals surface area (Å²) in [6, 6.07) is 24.3. The highest BCUT2D eigenvalue weighted by atomic mass is 79.9.